The Morgan fingerprint density at radius 3 is 2.60 bits per heavy atom. The molecule has 1 rings (SSSR count). The third-order valence-electron chi connectivity index (χ3n) is 2.14. The molecule has 15 heavy (non-hydrogen) atoms. The lowest BCUT2D eigenvalue weighted by molar-refractivity contribution is -0.141. The number of rotatable bonds is 3. The molecule has 1 aromatic heterocycles. The third-order valence-corrected chi connectivity index (χ3v) is 2.14. The maximum atomic E-state index is 11.7. The molecule has 0 aromatic carbocycles. The van der Waals surface area contributed by atoms with E-state index in [2.05, 4.69) is 4.98 Å². The minimum atomic E-state index is -1.04. The lowest BCUT2D eigenvalue weighted by Crippen LogP contribution is -2.40. The van der Waals surface area contributed by atoms with Gasteiger partial charge in [0.15, 0.2) is 0 Å². The molecular weight excluding hydrogens is 196 g/mol. The molecule has 0 bridgehead atoms. The molecule has 80 valence electrons. The average molecular weight is 208 g/mol. The van der Waals surface area contributed by atoms with Crippen LogP contribution in [0.1, 0.15) is 17.4 Å². The molecule has 1 N–H and O–H groups in total. The third kappa shape index (κ3) is 2.52. The topological polar surface area (TPSA) is 70.5 Å². The van der Waals surface area contributed by atoms with Gasteiger partial charge in [0, 0.05) is 13.2 Å². The van der Waals surface area contributed by atoms with Crippen molar-refractivity contribution in [2.75, 3.05) is 7.05 Å². The smallest absolute Gasteiger partial charge is 0.326 e. The summed E-state index contributed by atoms with van der Waals surface area (Å²) in [6.45, 7) is 1.45. The molecule has 5 nitrogen and oxygen atoms in total. The molecule has 1 amide bonds. The van der Waals surface area contributed by atoms with Crippen LogP contribution < -0.4 is 0 Å². The van der Waals surface area contributed by atoms with Crippen LogP contribution in [0.3, 0.4) is 0 Å². The van der Waals surface area contributed by atoms with E-state index in [0.717, 1.165) is 4.90 Å². The fourth-order valence-corrected chi connectivity index (χ4v) is 1.01. The monoisotopic (exact) mass is 208 g/mol. The number of aliphatic carboxylic acids is 1. The van der Waals surface area contributed by atoms with E-state index in [4.69, 9.17) is 5.11 Å². The lowest BCUT2D eigenvalue weighted by Gasteiger charge is -2.20. The van der Waals surface area contributed by atoms with E-state index in [-0.39, 0.29) is 5.69 Å². The summed E-state index contributed by atoms with van der Waals surface area (Å²) in [6, 6.07) is 4.06. The Kier molecular flexibility index (Phi) is 3.38. The van der Waals surface area contributed by atoms with Crippen LogP contribution in [0.15, 0.2) is 24.4 Å². The van der Waals surface area contributed by atoms with Crippen molar-refractivity contribution in [2.24, 2.45) is 0 Å². The first-order chi connectivity index (χ1) is 7.04. The van der Waals surface area contributed by atoms with Crippen molar-refractivity contribution in [3.63, 3.8) is 0 Å². The van der Waals surface area contributed by atoms with Gasteiger partial charge in [0.05, 0.1) is 0 Å². The van der Waals surface area contributed by atoms with Crippen molar-refractivity contribution < 1.29 is 14.7 Å². The van der Waals surface area contributed by atoms with Gasteiger partial charge >= 0.3 is 5.97 Å². The summed E-state index contributed by atoms with van der Waals surface area (Å²) in [5.74, 6) is -1.44. The summed E-state index contributed by atoms with van der Waals surface area (Å²) in [7, 11) is 1.44. The molecule has 0 radical (unpaired) electrons. The molecular formula is C10H12N2O3. The standard InChI is InChI=1S/C10H12N2O3/c1-7(10(14)15)12(2)9(13)8-5-3-4-6-11-8/h3-7H,1-2H3,(H,14,15)/t7-/m1/s1. The van der Waals surface area contributed by atoms with Crippen molar-refractivity contribution in [1.29, 1.82) is 0 Å². The van der Waals surface area contributed by atoms with Crippen molar-refractivity contribution in [3.8, 4) is 0 Å². The second-order valence-corrected chi connectivity index (χ2v) is 3.15. The van der Waals surface area contributed by atoms with Crippen LogP contribution >= 0.6 is 0 Å². The Labute approximate surface area is 87.4 Å². The van der Waals surface area contributed by atoms with Gasteiger partial charge in [-0.05, 0) is 19.1 Å². The van der Waals surface area contributed by atoms with E-state index < -0.39 is 17.9 Å². The highest BCUT2D eigenvalue weighted by molar-refractivity contribution is 5.94. The van der Waals surface area contributed by atoms with Gasteiger partial charge in [0.2, 0.25) is 0 Å². The fourth-order valence-electron chi connectivity index (χ4n) is 1.01. The van der Waals surface area contributed by atoms with E-state index in [1.165, 1.54) is 20.2 Å². The average Bonchev–Trinajstić information content (AvgIpc) is 2.27. The minimum absolute atomic E-state index is 0.244. The van der Waals surface area contributed by atoms with Crippen LogP contribution in [0.5, 0.6) is 0 Å². The van der Waals surface area contributed by atoms with Gasteiger partial charge in [-0.3, -0.25) is 9.78 Å². The quantitative estimate of drug-likeness (QED) is 0.790. The molecule has 0 spiro atoms. The zero-order valence-electron chi connectivity index (χ0n) is 8.54. The number of hydrogen-bond donors (Lipinski definition) is 1. The molecule has 0 saturated heterocycles. The normalized spacial score (nSPS) is 11.9. The maximum absolute atomic E-state index is 11.7. The molecule has 0 aliphatic heterocycles. The zero-order chi connectivity index (χ0) is 11.4. The Bertz CT molecular complexity index is 364. The van der Waals surface area contributed by atoms with Crippen molar-refractivity contribution in [1.82, 2.24) is 9.88 Å². The van der Waals surface area contributed by atoms with Crippen LogP contribution in [-0.2, 0) is 4.79 Å². The van der Waals surface area contributed by atoms with Crippen LogP contribution in [0.4, 0.5) is 0 Å². The molecule has 0 fully saturated rings. The summed E-state index contributed by atoms with van der Waals surface area (Å²) in [5, 5.41) is 8.73. The lowest BCUT2D eigenvalue weighted by atomic mass is 10.2. The fraction of sp³-hybridized carbons (Fsp3) is 0.300. The molecule has 0 saturated carbocycles. The number of carboxylic acids is 1. The van der Waals surface area contributed by atoms with Crippen molar-refractivity contribution >= 4 is 11.9 Å². The zero-order valence-corrected chi connectivity index (χ0v) is 8.54. The van der Waals surface area contributed by atoms with E-state index in [0.29, 0.717) is 0 Å². The molecule has 0 aliphatic rings. The largest absolute Gasteiger partial charge is 0.480 e. The van der Waals surface area contributed by atoms with E-state index in [1.54, 1.807) is 18.2 Å². The minimum Gasteiger partial charge on any atom is -0.480 e. The summed E-state index contributed by atoms with van der Waals surface area (Å²) in [4.78, 5) is 27.4. The first-order valence-electron chi connectivity index (χ1n) is 4.45. The number of hydrogen-bond acceptors (Lipinski definition) is 3. The molecule has 0 aliphatic carbocycles. The number of likely N-dealkylation sites (N-methyl/N-ethyl adjacent to an activating group) is 1. The van der Waals surface area contributed by atoms with Gasteiger partial charge in [-0.1, -0.05) is 6.07 Å². The number of pyridine rings is 1. The van der Waals surface area contributed by atoms with Crippen LogP contribution in [0, 0.1) is 0 Å². The summed E-state index contributed by atoms with van der Waals surface area (Å²) < 4.78 is 0. The molecule has 0 unspecified atom stereocenters. The highest BCUT2D eigenvalue weighted by atomic mass is 16.4. The highest BCUT2D eigenvalue weighted by Gasteiger charge is 2.23. The van der Waals surface area contributed by atoms with Crippen LogP contribution in [0.2, 0.25) is 0 Å². The van der Waals surface area contributed by atoms with Crippen molar-refractivity contribution in [2.45, 2.75) is 13.0 Å². The first kappa shape index (κ1) is 11.2. The van der Waals surface area contributed by atoms with Gasteiger partial charge in [-0.15, -0.1) is 0 Å². The molecule has 5 heteroatoms. The van der Waals surface area contributed by atoms with Gasteiger partial charge in [0.25, 0.3) is 5.91 Å². The van der Waals surface area contributed by atoms with E-state index >= 15 is 0 Å². The number of aromatic nitrogens is 1. The van der Waals surface area contributed by atoms with Crippen LogP contribution in [-0.4, -0.2) is 40.0 Å². The predicted octanol–water partition coefficient (Wildman–Crippen LogP) is 0.627. The Hall–Kier alpha value is -1.91. The summed E-state index contributed by atoms with van der Waals surface area (Å²) >= 11 is 0. The Morgan fingerprint density at radius 1 is 1.47 bits per heavy atom. The summed E-state index contributed by atoms with van der Waals surface area (Å²) in [5.41, 5.74) is 0.244. The number of nitrogens with zero attached hydrogens (tertiary/aromatic N) is 2. The van der Waals surface area contributed by atoms with Gasteiger partial charge in [0.1, 0.15) is 11.7 Å². The molecule has 1 atom stereocenters. The number of carbonyl (C=O) groups is 2. The second-order valence-electron chi connectivity index (χ2n) is 3.15. The van der Waals surface area contributed by atoms with E-state index in [9.17, 15) is 9.59 Å². The number of amides is 1. The predicted molar refractivity (Wildman–Crippen MR) is 53.4 cm³/mol. The van der Waals surface area contributed by atoms with Crippen molar-refractivity contribution in [3.05, 3.63) is 30.1 Å². The van der Waals surface area contributed by atoms with Gasteiger partial charge < -0.3 is 10.0 Å². The SMILES string of the molecule is C[C@H](C(=O)O)N(C)C(=O)c1ccccn1. The first-order valence-corrected chi connectivity index (χ1v) is 4.45. The number of carbonyl (C=O) groups excluding carboxylic acids is 1. The van der Waals surface area contributed by atoms with Crippen LogP contribution in [0.25, 0.3) is 0 Å². The summed E-state index contributed by atoms with van der Waals surface area (Å²) in [6.07, 6.45) is 1.49. The Morgan fingerprint density at radius 2 is 2.13 bits per heavy atom. The maximum Gasteiger partial charge on any atom is 0.326 e. The Balaban J connectivity index is 2.82. The van der Waals surface area contributed by atoms with Gasteiger partial charge in [-0.25, -0.2) is 4.79 Å². The molecule has 1 heterocycles. The van der Waals surface area contributed by atoms with E-state index in [1.807, 2.05) is 0 Å². The second kappa shape index (κ2) is 4.54. The number of carboxylic acid groups (broad SMARTS) is 1. The highest BCUT2D eigenvalue weighted by Crippen LogP contribution is 2.03. The van der Waals surface area contributed by atoms with Gasteiger partial charge in [-0.2, -0.15) is 0 Å². The molecule has 1 aromatic rings.